The first-order valence-electron chi connectivity index (χ1n) is 6.06. The van der Waals surface area contributed by atoms with E-state index in [1.807, 2.05) is 20.8 Å². The van der Waals surface area contributed by atoms with Crippen molar-refractivity contribution >= 4 is 5.97 Å². The van der Waals surface area contributed by atoms with E-state index in [2.05, 4.69) is 26.7 Å². The number of hydrogen-bond acceptors (Lipinski definition) is 3. The Hall–Kier alpha value is -1.51. The van der Waals surface area contributed by atoms with E-state index >= 15 is 0 Å². The van der Waals surface area contributed by atoms with E-state index in [0.29, 0.717) is 12.2 Å². The summed E-state index contributed by atoms with van der Waals surface area (Å²) >= 11 is 0. The van der Waals surface area contributed by atoms with Crippen LogP contribution in [0.5, 0.6) is 0 Å². The Balaban J connectivity index is 4.40. The number of esters is 1. The maximum absolute atomic E-state index is 11.1. The molecule has 102 valence electrons. The van der Waals surface area contributed by atoms with Crippen LogP contribution in [0.4, 0.5) is 0 Å². The van der Waals surface area contributed by atoms with Crippen LogP contribution in [0.25, 0.3) is 0 Å². The molecule has 0 aromatic heterocycles. The molecule has 0 heterocycles. The van der Waals surface area contributed by atoms with Crippen LogP contribution < -0.4 is 0 Å². The minimum absolute atomic E-state index is 0.176. The lowest BCUT2D eigenvalue weighted by Crippen LogP contribution is -2.34. The van der Waals surface area contributed by atoms with Crippen molar-refractivity contribution in [3.63, 3.8) is 0 Å². The Morgan fingerprint density at radius 1 is 1.28 bits per heavy atom. The lowest BCUT2D eigenvalue weighted by Gasteiger charge is -2.34. The summed E-state index contributed by atoms with van der Waals surface area (Å²) in [6, 6.07) is 0. The molecule has 0 saturated carbocycles. The zero-order valence-corrected chi connectivity index (χ0v) is 11.9. The van der Waals surface area contributed by atoms with Gasteiger partial charge in [0.15, 0.2) is 0 Å². The first-order valence-corrected chi connectivity index (χ1v) is 6.06. The number of hydrogen-bond donors (Lipinski definition) is 0. The van der Waals surface area contributed by atoms with Crippen LogP contribution in [0.3, 0.4) is 0 Å². The molecule has 3 heteroatoms. The summed E-state index contributed by atoms with van der Waals surface area (Å²) in [6.45, 7) is 18.6. The van der Waals surface area contributed by atoms with Crippen molar-refractivity contribution < 1.29 is 14.3 Å². The first kappa shape index (κ1) is 16.5. The van der Waals surface area contributed by atoms with Crippen LogP contribution in [-0.4, -0.2) is 17.7 Å². The fourth-order valence-corrected chi connectivity index (χ4v) is 1.56. The van der Waals surface area contributed by atoms with Crippen LogP contribution in [0, 0.1) is 5.92 Å². The van der Waals surface area contributed by atoms with Gasteiger partial charge in [-0.2, -0.15) is 0 Å². The molecule has 0 spiro atoms. The summed E-state index contributed by atoms with van der Waals surface area (Å²) in [4.78, 5) is 11.1. The molecular formula is C15H24O3. The number of carbonyl (C=O) groups is 1. The van der Waals surface area contributed by atoms with Crippen molar-refractivity contribution in [1.29, 1.82) is 0 Å². The highest BCUT2D eigenvalue weighted by atomic mass is 16.5. The van der Waals surface area contributed by atoms with Crippen LogP contribution >= 0.6 is 0 Å². The Morgan fingerprint density at radius 3 is 2.28 bits per heavy atom. The van der Waals surface area contributed by atoms with E-state index < -0.39 is 5.97 Å². The molecule has 0 aliphatic carbocycles. The second-order valence-corrected chi connectivity index (χ2v) is 4.96. The van der Waals surface area contributed by atoms with Gasteiger partial charge in [-0.3, -0.25) is 0 Å². The van der Waals surface area contributed by atoms with Crippen molar-refractivity contribution in [3.8, 4) is 0 Å². The minimum Gasteiger partial charge on any atom is -0.488 e. The maximum Gasteiger partial charge on any atom is 0.330 e. The fraction of sp³-hybridized carbons (Fsp3) is 0.533. The average molecular weight is 252 g/mol. The summed E-state index contributed by atoms with van der Waals surface area (Å²) in [5.74, 6) is 0.341. The predicted molar refractivity (Wildman–Crippen MR) is 74.0 cm³/mol. The fourth-order valence-electron chi connectivity index (χ4n) is 1.56. The molecule has 2 unspecified atom stereocenters. The third-order valence-electron chi connectivity index (χ3n) is 2.98. The minimum atomic E-state index is -0.399. The van der Waals surface area contributed by atoms with E-state index in [0.717, 1.165) is 0 Å². The quantitative estimate of drug-likeness (QED) is 0.286. The van der Waals surface area contributed by atoms with Crippen LogP contribution in [0.15, 0.2) is 37.6 Å². The normalized spacial score (nSPS) is 14.2. The second-order valence-electron chi connectivity index (χ2n) is 4.96. The van der Waals surface area contributed by atoms with Gasteiger partial charge in [0, 0.05) is 6.08 Å². The largest absolute Gasteiger partial charge is 0.488 e. The standard InChI is InChI=1S/C15H24O3/c1-8-12(4)18-15(6,7)11(3)10-13(5)17-14(16)9-2/h8-9,11,13H,1-2,4,10H2,3,5-7H3. The Labute approximate surface area is 110 Å². The summed E-state index contributed by atoms with van der Waals surface area (Å²) in [5, 5.41) is 0. The molecule has 2 atom stereocenters. The molecule has 0 bridgehead atoms. The molecule has 3 nitrogen and oxygen atoms in total. The van der Waals surface area contributed by atoms with Gasteiger partial charge in [0.05, 0.1) is 6.10 Å². The number of allylic oxidation sites excluding steroid dienone is 1. The SMILES string of the molecule is C=CC(=C)OC(C)(C)C(C)CC(C)OC(=O)C=C. The first-order chi connectivity index (χ1) is 8.22. The second kappa shape index (κ2) is 7.04. The molecule has 0 amide bonds. The molecule has 0 radical (unpaired) electrons. The van der Waals surface area contributed by atoms with Gasteiger partial charge in [0.2, 0.25) is 0 Å². The summed E-state index contributed by atoms with van der Waals surface area (Å²) in [7, 11) is 0. The topological polar surface area (TPSA) is 35.5 Å². The van der Waals surface area contributed by atoms with Crippen molar-refractivity contribution in [2.45, 2.75) is 45.8 Å². The maximum atomic E-state index is 11.1. The lowest BCUT2D eigenvalue weighted by molar-refractivity contribution is -0.144. The molecule has 0 aromatic rings. The molecular weight excluding hydrogens is 228 g/mol. The summed E-state index contributed by atoms with van der Waals surface area (Å²) in [5.41, 5.74) is -0.389. The van der Waals surface area contributed by atoms with Crippen molar-refractivity contribution in [2.75, 3.05) is 0 Å². The van der Waals surface area contributed by atoms with Crippen LogP contribution in [0.1, 0.15) is 34.1 Å². The summed E-state index contributed by atoms with van der Waals surface area (Å²) < 4.78 is 10.8. The molecule has 0 saturated heterocycles. The number of carbonyl (C=O) groups excluding carboxylic acids is 1. The van der Waals surface area contributed by atoms with Crippen molar-refractivity contribution in [2.24, 2.45) is 5.92 Å². The highest BCUT2D eigenvalue weighted by Crippen LogP contribution is 2.28. The smallest absolute Gasteiger partial charge is 0.330 e. The zero-order chi connectivity index (χ0) is 14.3. The average Bonchev–Trinajstić information content (AvgIpc) is 2.27. The van der Waals surface area contributed by atoms with Gasteiger partial charge in [-0.05, 0) is 39.2 Å². The van der Waals surface area contributed by atoms with Gasteiger partial charge >= 0.3 is 5.97 Å². The third kappa shape index (κ3) is 5.71. The van der Waals surface area contributed by atoms with Gasteiger partial charge in [-0.25, -0.2) is 4.79 Å². The Morgan fingerprint density at radius 2 is 1.83 bits per heavy atom. The van der Waals surface area contributed by atoms with Gasteiger partial charge in [0.25, 0.3) is 0 Å². The number of ether oxygens (including phenoxy) is 2. The van der Waals surface area contributed by atoms with Gasteiger partial charge < -0.3 is 9.47 Å². The van der Waals surface area contributed by atoms with E-state index in [9.17, 15) is 4.79 Å². The van der Waals surface area contributed by atoms with Crippen LogP contribution in [0.2, 0.25) is 0 Å². The Bertz CT molecular complexity index is 329. The molecule has 0 aliphatic heterocycles. The highest BCUT2D eigenvalue weighted by molar-refractivity contribution is 5.81. The molecule has 0 aliphatic rings. The van der Waals surface area contributed by atoms with Gasteiger partial charge in [0.1, 0.15) is 11.4 Å². The summed E-state index contributed by atoms with van der Waals surface area (Å²) in [6.07, 6.45) is 3.28. The Kier molecular flexibility index (Phi) is 6.45. The van der Waals surface area contributed by atoms with Crippen LogP contribution in [-0.2, 0) is 14.3 Å². The van der Waals surface area contributed by atoms with Gasteiger partial charge in [-0.1, -0.05) is 26.7 Å². The molecule has 0 N–H and O–H groups in total. The number of rotatable bonds is 8. The van der Waals surface area contributed by atoms with E-state index in [1.54, 1.807) is 6.08 Å². The molecule has 18 heavy (non-hydrogen) atoms. The third-order valence-corrected chi connectivity index (χ3v) is 2.98. The lowest BCUT2D eigenvalue weighted by atomic mass is 9.88. The van der Waals surface area contributed by atoms with Gasteiger partial charge in [-0.15, -0.1) is 0 Å². The monoisotopic (exact) mass is 252 g/mol. The molecule has 0 rings (SSSR count). The van der Waals surface area contributed by atoms with Crippen molar-refractivity contribution in [1.82, 2.24) is 0 Å². The molecule has 0 fully saturated rings. The van der Waals surface area contributed by atoms with E-state index in [-0.39, 0.29) is 17.6 Å². The van der Waals surface area contributed by atoms with Crippen molar-refractivity contribution in [3.05, 3.63) is 37.6 Å². The zero-order valence-electron chi connectivity index (χ0n) is 11.9. The highest BCUT2D eigenvalue weighted by Gasteiger charge is 2.29. The molecule has 0 aromatic carbocycles. The van der Waals surface area contributed by atoms with E-state index in [4.69, 9.17) is 9.47 Å². The van der Waals surface area contributed by atoms with E-state index in [1.165, 1.54) is 6.08 Å². The predicted octanol–water partition coefficient (Wildman–Crippen LogP) is 3.63.